The number of aliphatic imine (C=N–C) groups is 1. The summed E-state index contributed by atoms with van der Waals surface area (Å²) in [4.78, 5) is 4.25. The predicted octanol–water partition coefficient (Wildman–Crippen LogP) is 3.36. The van der Waals surface area contributed by atoms with Crippen molar-refractivity contribution in [3.8, 4) is 11.5 Å². The van der Waals surface area contributed by atoms with E-state index in [9.17, 15) is 0 Å². The van der Waals surface area contributed by atoms with Crippen molar-refractivity contribution in [3.05, 3.63) is 45.7 Å². The van der Waals surface area contributed by atoms with E-state index in [2.05, 4.69) is 15.6 Å². The Morgan fingerprint density at radius 3 is 2.69 bits per heavy atom. The number of hydrogen-bond donors (Lipinski definition) is 2. The Balaban J connectivity index is 1.62. The van der Waals surface area contributed by atoms with Crippen molar-refractivity contribution < 1.29 is 9.47 Å². The van der Waals surface area contributed by atoms with Gasteiger partial charge in [-0.1, -0.05) is 35.3 Å². The zero-order valence-electron chi connectivity index (χ0n) is 14.8. The van der Waals surface area contributed by atoms with Gasteiger partial charge >= 0.3 is 0 Å². The maximum absolute atomic E-state index is 6.10. The van der Waals surface area contributed by atoms with Gasteiger partial charge in [0.05, 0.1) is 24.8 Å². The molecule has 0 amide bonds. The van der Waals surface area contributed by atoms with Gasteiger partial charge in [-0.15, -0.1) is 0 Å². The number of benzene rings is 1. The summed E-state index contributed by atoms with van der Waals surface area (Å²) in [5, 5.41) is 7.62. The fourth-order valence-electron chi connectivity index (χ4n) is 2.73. The Bertz CT molecular complexity index is 805. The van der Waals surface area contributed by atoms with E-state index in [0.29, 0.717) is 42.4 Å². The summed E-state index contributed by atoms with van der Waals surface area (Å²) in [7, 11) is 3.60. The van der Waals surface area contributed by atoms with Gasteiger partial charge in [-0.3, -0.25) is 4.99 Å². The fourth-order valence-corrected chi connectivity index (χ4v) is 3.14. The van der Waals surface area contributed by atoms with Crippen LogP contribution in [0.25, 0.3) is 0 Å². The van der Waals surface area contributed by atoms with Crippen molar-refractivity contribution in [1.29, 1.82) is 0 Å². The summed E-state index contributed by atoms with van der Waals surface area (Å²) in [6.07, 6.45) is 0.882. The molecule has 140 valence electrons. The van der Waals surface area contributed by atoms with Gasteiger partial charge < -0.3 is 24.7 Å². The van der Waals surface area contributed by atoms with Crippen LogP contribution in [0.1, 0.15) is 17.7 Å². The van der Waals surface area contributed by atoms with Crippen LogP contribution in [0.15, 0.2) is 29.3 Å². The number of ether oxygens (including phenoxy) is 2. The minimum Gasteiger partial charge on any atom is -0.490 e. The number of halogens is 2. The van der Waals surface area contributed by atoms with E-state index < -0.39 is 0 Å². The molecule has 0 radical (unpaired) electrons. The number of fused-ring (bicyclic) bond motifs is 1. The van der Waals surface area contributed by atoms with Gasteiger partial charge in [0, 0.05) is 38.3 Å². The first-order valence-corrected chi connectivity index (χ1v) is 9.17. The molecule has 0 saturated heterocycles. The van der Waals surface area contributed by atoms with Crippen molar-refractivity contribution >= 4 is 29.2 Å². The van der Waals surface area contributed by atoms with Crippen LogP contribution in [-0.2, 0) is 20.1 Å². The number of nitrogens with one attached hydrogen (secondary N) is 2. The molecule has 0 spiro atoms. The van der Waals surface area contributed by atoms with Crippen molar-refractivity contribution in [3.63, 3.8) is 0 Å². The van der Waals surface area contributed by atoms with Gasteiger partial charge in [-0.2, -0.15) is 0 Å². The fraction of sp³-hybridized carbons (Fsp3) is 0.389. The molecule has 26 heavy (non-hydrogen) atoms. The molecule has 0 atom stereocenters. The molecule has 1 aliphatic heterocycles. The van der Waals surface area contributed by atoms with E-state index >= 15 is 0 Å². The maximum Gasteiger partial charge on any atom is 0.191 e. The van der Waals surface area contributed by atoms with Crippen LogP contribution in [0.5, 0.6) is 11.5 Å². The third kappa shape index (κ3) is 4.19. The van der Waals surface area contributed by atoms with Crippen LogP contribution in [0.3, 0.4) is 0 Å². The molecular formula is C18H22Cl2N4O2. The predicted molar refractivity (Wildman–Crippen MR) is 105 cm³/mol. The Morgan fingerprint density at radius 2 is 1.96 bits per heavy atom. The van der Waals surface area contributed by atoms with E-state index in [-0.39, 0.29) is 0 Å². The molecule has 2 aromatic rings. The molecule has 2 heterocycles. The van der Waals surface area contributed by atoms with Crippen LogP contribution in [-0.4, -0.2) is 30.8 Å². The molecule has 0 saturated carbocycles. The number of aromatic nitrogens is 1. The monoisotopic (exact) mass is 396 g/mol. The van der Waals surface area contributed by atoms with Gasteiger partial charge in [-0.25, -0.2) is 0 Å². The summed E-state index contributed by atoms with van der Waals surface area (Å²) < 4.78 is 13.4. The number of nitrogens with zero attached hydrogens (tertiary/aromatic N) is 2. The second-order valence-electron chi connectivity index (χ2n) is 5.91. The molecule has 0 fully saturated rings. The zero-order chi connectivity index (χ0) is 18.5. The first kappa shape index (κ1) is 18.7. The quantitative estimate of drug-likeness (QED) is 0.614. The molecular weight excluding hydrogens is 375 g/mol. The highest BCUT2D eigenvalue weighted by molar-refractivity contribution is 6.41. The molecule has 0 unspecified atom stereocenters. The van der Waals surface area contributed by atoms with Crippen LogP contribution in [0.4, 0.5) is 0 Å². The van der Waals surface area contributed by atoms with Crippen LogP contribution < -0.4 is 20.1 Å². The van der Waals surface area contributed by atoms with Crippen molar-refractivity contribution in [2.45, 2.75) is 19.5 Å². The summed E-state index contributed by atoms with van der Waals surface area (Å²) >= 11 is 12.2. The lowest BCUT2D eigenvalue weighted by atomic mass is 10.2. The largest absolute Gasteiger partial charge is 0.490 e. The normalized spacial score (nSPS) is 14.1. The van der Waals surface area contributed by atoms with Gasteiger partial charge in [0.25, 0.3) is 0 Å². The van der Waals surface area contributed by atoms with Gasteiger partial charge in [0.2, 0.25) is 0 Å². The minimum atomic E-state index is 0.524. The van der Waals surface area contributed by atoms with Crippen LogP contribution in [0.2, 0.25) is 10.2 Å². The highest BCUT2D eigenvalue weighted by Crippen LogP contribution is 2.33. The number of rotatable bonds is 4. The van der Waals surface area contributed by atoms with E-state index in [1.807, 2.05) is 35.9 Å². The van der Waals surface area contributed by atoms with Crippen molar-refractivity contribution in [2.75, 3.05) is 20.3 Å². The van der Waals surface area contributed by atoms with E-state index in [1.54, 1.807) is 7.05 Å². The molecule has 8 heteroatoms. The van der Waals surface area contributed by atoms with Gasteiger partial charge in [0.1, 0.15) is 5.15 Å². The Hall–Kier alpha value is -2.05. The van der Waals surface area contributed by atoms with Crippen LogP contribution >= 0.6 is 23.2 Å². The highest BCUT2D eigenvalue weighted by atomic mass is 35.5. The second kappa shape index (κ2) is 8.56. The van der Waals surface area contributed by atoms with Gasteiger partial charge in [-0.05, 0) is 12.1 Å². The van der Waals surface area contributed by atoms with Crippen molar-refractivity contribution in [1.82, 2.24) is 15.2 Å². The minimum absolute atomic E-state index is 0.524. The Morgan fingerprint density at radius 1 is 1.19 bits per heavy atom. The third-order valence-corrected chi connectivity index (χ3v) is 5.02. The van der Waals surface area contributed by atoms with Crippen molar-refractivity contribution in [2.24, 2.45) is 12.0 Å². The van der Waals surface area contributed by atoms with E-state index in [1.165, 1.54) is 0 Å². The van der Waals surface area contributed by atoms with E-state index in [4.69, 9.17) is 32.7 Å². The molecule has 1 aliphatic rings. The number of hydrogen-bond acceptors (Lipinski definition) is 3. The highest BCUT2D eigenvalue weighted by Gasteiger charge is 2.15. The molecule has 0 bridgehead atoms. The number of guanidine groups is 1. The summed E-state index contributed by atoms with van der Waals surface area (Å²) in [6.45, 7) is 2.46. The Labute approximate surface area is 163 Å². The first-order valence-electron chi connectivity index (χ1n) is 8.41. The molecule has 6 nitrogen and oxygen atoms in total. The smallest absolute Gasteiger partial charge is 0.191 e. The SMILES string of the molecule is CN=C(NCc1cccc2c1OCCCO2)NCc1cc(Cl)c(Cl)n1C. The van der Waals surface area contributed by atoms with Gasteiger partial charge in [0.15, 0.2) is 17.5 Å². The lowest BCUT2D eigenvalue weighted by molar-refractivity contribution is 0.296. The molecule has 1 aromatic heterocycles. The average molecular weight is 397 g/mol. The topological polar surface area (TPSA) is 59.8 Å². The van der Waals surface area contributed by atoms with Crippen LogP contribution in [0, 0.1) is 0 Å². The standard InChI is InChI=1S/C18H22Cl2N4O2/c1-21-18(23-11-13-9-14(19)17(20)24(13)2)22-10-12-5-3-6-15-16(12)26-8-4-7-25-15/h3,5-6,9H,4,7-8,10-11H2,1-2H3,(H2,21,22,23). The molecule has 2 N–H and O–H groups in total. The lowest BCUT2D eigenvalue weighted by Crippen LogP contribution is -2.36. The third-order valence-electron chi connectivity index (χ3n) is 4.18. The second-order valence-corrected chi connectivity index (χ2v) is 6.67. The number of para-hydroxylation sites is 1. The summed E-state index contributed by atoms with van der Waals surface area (Å²) in [5.74, 6) is 2.26. The summed E-state index contributed by atoms with van der Waals surface area (Å²) in [5.41, 5.74) is 1.99. The molecule has 0 aliphatic carbocycles. The lowest BCUT2D eigenvalue weighted by Gasteiger charge is -2.15. The Kier molecular flexibility index (Phi) is 6.16. The molecule has 3 rings (SSSR count). The maximum atomic E-state index is 6.10. The zero-order valence-corrected chi connectivity index (χ0v) is 16.3. The summed E-state index contributed by atoms with van der Waals surface area (Å²) in [6, 6.07) is 7.76. The average Bonchev–Trinajstić information content (AvgIpc) is 2.84. The molecule has 1 aromatic carbocycles. The van der Waals surface area contributed by atoms with E-state index in [0.717, 1.165) is 29.2 Å². The first-order chi connectivity index (χ1) is 12.6.